The molecule has 0 radical (unpaired) electrons. The summed E-state index contributed by atoms with van der Waals surface area (Å²) >= 11 is 0. The lowest BCUT2D eigenvalue weighted by Crippen LogP contribution is -2.31. The molecule has 0 spiro atoms. The number of carbonyl (C=O) groups excluding carboxylic acids is 1. The van der Waals surface area contributed by atoms with Crippen LogP contribution >= 0.6 is 0 Å². The highest BCUT2D eigenvalue weighted by molar-refractivity contribution is 5.92. The van der Waals surface area contributed by atoms with Crippen molar-refractivity contribution in [2.75, 3.05) is 18.4 Å². The monoisotopic (exact) mass is 275 g/mol. The zero-order chi connectivity index (χ0) is 14.4. The van der Waals surface area contributed by atoms with E-state index in [9.17, 15) is 4.79 Å². The lowest BCUT2D eigenvalue weighted by molar-refractivity contribution is 0.0935. The third kappa shape index (κ3) is 4.22. The van der Waals surface area contributed by atoms with Crippen LogP contribution in [0.2, 0.25) is 0 Å². The summed E-state index contributed by atoms with van der Waals surface area (Å²) in [5, 5.41) is 6.19. The van der Waals surface area contributed by atoms with Crippen molar-refractivity contribution in [1.82, 2.24) is 10.3 Å². The van der Waals surface area contributed by atoms with E-state index in [4.69, 9.17) is 0 Å². The fourth-order valence-corrected chi connectivity index (χ4v) is 2.91. The van der Waals surface area contributed by atoms with Crippen molar-refractivity contribution >= 4 is 11.6 Å². The molecule has 1 aromatic heterocycles. The number of nitrogens with one attached hydrogen (secondary N) is 2. The van der Waals surface area contributed by atoms with Gasteiger partial charge in [-0.1, -0.05) is 19.8 Å². The Labute approximate surface area is 121 Å². The highest BCUT2D eigenvalue weighted by atomic mass is 16.1. The van der Waals surface area contributed by atoms with Gasteiger partial charge in [-0.3, -0.25) is 4.79 Å². The normalized spacial score (nSPS) is 22.3. The van der Waals surface area contributed by atoms with Crippen LogP contribution in [-0.2, 0) is 0 Å². The first kappa shape index (κ1) is 14.8. The largest absolute Gasteiger partial charge is 0.384 e. The number of pyridine rings is 1. The molecule has 1 heterocycles. The van der Waals surface area contributed by atoms with E-state index < -0.39 is 0 Å². The van der Waals surface area contributed by atoms with Crippen LogP contribution in [0.1, 0.15) is 50.0 Å². The van der Waals surface area contributed by atoms with Crippen molar-refractivity contribution < 1.29 is 4.79 Å². The molecule has 1 aliphatic carbocycles. The van der Waals surface area contributed by atoms with Crippen LogP contribution in [0.15, 0.2) is 18.3 Å². The van der Waals surface area contributed by atoms with E-state index in [-0.39, 0.29) is 5.91 Å². The lowest BCUT2D eigenvalue weighted by atomic mass is 9.82. The Kier molecular flexibility index (Phi) is 5.39. The molecule has 1 aliphatic rings. The predicted octanol–water partition coefficient (Wildman–Crippen LogP) is 3.07. The van der Waals surface area contributed by atoms with E-state index >= 15 is 0 Å². The first-order valence-electron chi connectivity index (χ1n) is 7.67. The molecule has 4 heteroatoms. The maximum absolute atomic E-state index is 12.0. The van der Waals surface area contributed by atoms with Gasteiger partial charge in [-0.25, -0.2) is 4.98 Å². The van der Waals surface area contributed by atoms with E-state index in [2.05, 4.69) is 22.5 Å². The zero-order valence-electron chi connectivity index (χ0n) is 12.5. The summed E-state index contributed by atoms with van der Waals surface area (Å²) in [5.41, 5.74) is 1.45. The molecule has 0 saturated heterocycles. The Morgan fingerprint density at radius 1 is 1.40 bits per heavy atom. The van der Waals surface area contributed by atoms with E-state index in [1.54, 1.807) is 12.3 Å². The van der Waals surface area contributed by atoms with Gasteiger partial charge in [-0.2, -0.15) is 0 Å². The summed E-state index contributed by atoms with van der Waals surface area (Å²) in [6, 6.07) is 3.67. The summed E-state index contributed by atoms with van der Waals surface area (Å²) in [4.78, 5) is 16.2. The van der Waals surface area contributed by atoms with Crippen molar-refractivity contribution in [3.8, 4) is 0 Å². The molecule has 0 aromatic carbocycles. The highest BCUT2D eigenvalue weighted by Gasteiger charge is 2.19. The third-order valence-electron chi connectivity index (χ3n) is 3.97. The highest BCUT2D eigenvalue weighted by Crippen LogP contribution is 2.27. The van der Waals surface area contributed by atoms with Gasteiger partial charge in [0.05, 0.1) is 11.9 Å². The van der Waals surface area contributed by atoms with Crippen LogP contribution in [0.4, 0.5) is 5.69 Å². The smallest absolute Gasteiger partial charge is 0.269 e. The first-order chi connectivity index (χ1) is 9.69. The van der Waals surface area contributed by atoms with Crippen molar-refractivity contribution in [2.24, 2.45) is 11.8 Å². The van der Waals surface area contributed by atoms with Crippen LogP contribution in [0, 0.1) is 11.8 Å². The van der Waals surface area contributed by atoms with Crippen molar-refractivity contribution in [1.29, 1.82) is 0 Å². The zero-order valence-corrected chi connectivity index (χ0v) is 12.5. The topological polar surface area (TPSA) is 54.0 Å². The fraction of sp³-hybridized carbons (Fsp3) is 0.625. The van der Waals surface area contributed by atoms with E-state index in [1.165, 1.54) is 25.7 Å². The van der Waals surface area contributed by atoms with E-state index in [1.807, 2.05) is 13.0 Å². The molecule has 1 saturated carbocycles. The Morgan fingerprint density at radius 2 is 2.25 bits per heavy atom. The van der Waals surface area contributed by atoms with Crippen molar-refractivity contribution in [2.45, 2.75) is 39.5 Å². The SMILES string of the molecule is CCNc1ccc(C(=O)NCC2CCCC(C)C2)nc1. The summed E-state index contributed by atoms with van der Waals surface area (Å²) in [5.74, 6) is 1.36. The van der Waals surface area contributed by atoms with Gasteiger partial charge in [0.1, 0.15) is 5.69 Å². The number of amides is 1. The second kappa shape index (κ2) is 7.27. The number of hydrogen-bond donors (Lipinski definition) is 2. The molecule has 0 aliphatic heterocycles. The van der Waals surface area contributed by atoms with Crippen LogP contribution in [0.25, 0.3) is 0 Å². The number of carbonyl (C=O) groups is 1. The molecule has 1 fully saturated rings. The van der Waals surface area contributed by atoms with Gasteiger partial charge < -0.3 is 10.6 Å². The number of anilines is 1. The van der Waals surface area contributed by atoms with Crippen LogP contribution < -0.4 is 10.6 Å². The van der Waals surface area contributed by atoms with Gasteiger partial charge >= 0.3 is 0 Å². The van der Waals surface area contributed by atoms with Gasteiger partial charge in [0.25, 0.3) is 5.91 Å². The van der Waals surface area contributed by atoms with E-state index in [0.29, 0.717) is 11.6 Å². The van der Waals surface area contributed by atoms with Crippen molar-refractivity contribution in [3.63, 3.8) is 0 Å². The average molecular weight is 275 g/mol. The lowest BCUT2D eigenvalue weighted by Gasteiger charge is -2.26. The summed E-state index contributed by atoms with van der Waals surface area (Å²) in [6.45, 7) is 5.97. The number of hydrogen-bond acceptors (Lipinski definition) is 3. The van der Waals surface area contributed by atoms with Gasteiger partial charge in [0.2, 0.25) is 0 Å². The average Bonchev–Trinajstić information content (AvgIpc) is 2.46. The summed E-state index contributed by atoms with van der Waals surface area (Å²) < 4.78 is 0. The Bertz CT molecular complexity index is 430. The predicted molar refractivity (Wildman–Crippen MR) is 81.9 cm³/mol. The molecule has 0 bridgehead atoms. The Balaban J connectivity index is 1.82. The fourth-order valence-electron chi connectivity index (χ4n) is 2.91. The second-order valence-electron chi connectivity index (χ2n) is 5.81. The second-order valence-corrected chi connectivity index (χ2v) is 5.81. The molecular formula is C16H25N3O. The van der Waals surface area contributed by atoms with Crippen LogP contribution in [0.5, 0.6) is 0 Å². The third-order valence-corrected chi connectivity index (χ3v) is 3.97. The Hall–Kier alpha value is -1.58. The van der Waals surface area contributed by atoms with Gasteiger partial charge in [0, 0.05) is 13.1 Å². The molecule has 110 valence electrons. The minimum absolute atomic E-state index is 0.0636. The Morgan fingerprint density at radius 3 is 2.90 bits per heavy atom. The standard InChI is InChI=1S/C16H25N3O/c1-3-17-14-7-8-15(18-11-14)16(20)19-10-13-6-4-5-12(2)9-13/h7-8,11-13,17H,3-6,9-10H2,1-2H3,(H,19,20). The molecule has 2 rings (SSSR count). The molecule has 2 N–H and O–H groups in total. The van der Waals surface area contributed by atoms with E-state index in [0.717, 1.165) is 24.7 Å². The van der Waals surface area contributed by atoms with Crippen LogP contribution in [0.3, 0.4) is 0 Å². The minimum atomic E-state index is -0.0636. The summed E-state index contributed by atoms with van der Waals surface area (Å²) in [7, 11) is 0. The molecule has 1 aromatic rings. The van der Waals surface area contributed by atoms with Gasteiger partial charge in [-0.05, 0) is 43.7 Å². The van der Waals surface area contributed by atoms with Crippen LogP contribution in [-0.4, -0.2) is 24.0 Å². The first-order valence-corrected chi connectivity index (χ1v) is 7.67. The molecule has 2 atom stereocenters. The van der Waals surface area contributed by atoms with Crippen molar-refractivity contribution in [3.05, 3.63) is 24.0 Å². The van der Waals surface area contributed by atoms with Gasteiger partial charge in [0.15, 0.2) is 0 Å². The molecule has 1 amide bonds. The number of rotatable bonds is 5. The maximum atomic E-state index is 12.0. The molecule has 2 unspecified atom stereocenters. The number of aromatic nitrogens is 1. The maximum Gasteiger partial charge on any atom is 0.269 e. The molecular weight excluding hydrogens is 250 g/mol. The summed E-state index contributed by atoms with van der Waals surface area (Å²) in [6.07, 6.45) is 6.79. The van der Waals surface area contributed by atoms with Gasteiger partial charge in [-0.15, -0.1) is 0 Å². The quantitative estimate of drug-likeness (QED) is 0.868. The molecule has 4 nitrogen and oxygen atoms in total. The number of nitrogens with zero attached hydrogens (tertiary/aromatic N) is 1. The molecule has 20 heavy (non-hydrogen) atoms. The minimum Gasteiger partial charge on any atom is -0.384 e.